The molecule has 3 rings (SSSR count). The molecular formula is C19H18Cl2N6. The lowest BCUT2D eigenvalue weighted by Gasteiger charge is -2.14. The second-order valence-electron chi connectivity index (χ2n) is 6.31. The number of aryl methyl sites for hydroxylation is 1. The molecule has 0 saturated heterocycles. The lowest BCUT2D eigenvalue weighted by Crippen LogP contribution is -2.08. The Morgan fingerprint density at radius 3 is 2.59 bits per heavy atom. The fourth-order valence-corrected chi connectivity index (χ4v) is 2.92. The number of anilines is 4. The third-order valence-corrected chi connectivity index (χ3v) is 4.37. The summed E-state index contributed by atoms with van der Waals surface area (Å²) in [5.74, 6) is 1.45. The summed E-state index contributed by atoms with van der Waals surface area (Å²) in [7, 11) is 0. The minimum Gasteiger partial charge on any atom is -0.353 e. The summed E-state index contributed by atoms with van der Waals surface area (Å²) in [4.78, 5) is 4.33. The number of nitriles is 1. The Morgan fingerprint density at radius 2 is 1.89 bits per heavy atom. The van der Waals surface area contributed by atoms with E-state index in [0.29, 0.717) is 32.8 Å². The molecule has 0 amide bonds. The number of rotatable bonds is 5. The zero-order chi connectivity index (χ0) is 19.6. The molecule has 6 nitrogen and oxygen atoms in total. The van der Waals surface area contributed by atoms with Crippen molar-refractivity contribution >= 4 is 46.2 Å². The van der Waals surface area contributed by atoms with Crippen LogP contribution < -0.4 is 10.6 Å². The SMILES string of the molecule is Cc1cc(Nc2cc(Nc3ccc(Cl)cc3C#N)c(Cl)cn2)n(C(C)C)n1. The summed E-state index contributed by atoms with van der Waals surface area (Å²) in [6.07, 6.45) is 1.55. The van der Waals surface area contributed by atoms with Crippen LogP contribution in [0.25, 0.3) is 0 Å². The van der Waals surface area contributed by atoms with Gasteiger partial charge in [-0.1, -0.05) is 23.2 Å². The number of pyridine rings is 1. The molecule has 2 N–H and O–H groups in total. The van der Waals surface area contributed by atoms with Crippen molar-refractivity contribution in [2.45, 2.75) is 26.8 Å². The second kappa shape index (κ2) is 7.87. The van der Waals surface area contributed by atoms with Gasteiger partial charge in [0.15, 0.2) is 0 Å². The molecule has 0 spiro atoms. The fourth-order valence-electron chi connectivity index (χ4n) is 2.60. The molecule has 0 aliphatic heterocycles. The quantitative estimate of drug-likeness (QED) is 0.562. The Balaban J connectivity index is 1.91. The molecule has 0 atom stereocenters. The van der Waals surface area contributed by atoms with E-state index in [4.69, 9.17) is 23.2 Å². The summed E-state index contributed by atoms with van der Waals surface area (Å²) in [5, 5.41) is 21.2. The van der Waals surface area contributed by atoms with Crippen LogP contribution in [0, 0.1) is 18.3 Å². The Morgan fingerprint density at radius 1 is 1.11 bits per heavy atom. The number of hydrogen-bond acceptors (Lipinski definition) is 5. The van der Waals surface area contributed by atoms with Crippen molar-refractivity contribution in [2.75, 3.05) is 10.6 Å². The standard InChI is InChI=1S/C19H18Cl2N6/c1-11(2)27-19(6-12(3)26-27)25-18-8-17(15(21)10-23-18)24-16-5-4-14(20)7-13(16)9-22/h4-8,10-11H,1-3H3,(H2,23,24,25). The summed E-state index contributed by atoms with van der Waals surface area (Å²) in [6.45, 7) is 6.06. The minimum atomic E-state index is 0.207. The largest absolute Gasteiger partial charge is 0.353 e. The third-order valence-electron chi connectivity index (χ3n) is 3.83. The molecule has 2 aromatic heterocycles. The van der Waals surface area contributed by atoms with Crippen LogP contribution in [0.1, 0.15) is 31.1 Å². The first-order chi connectivity index (χ1) is 12.9. The zero-order valence-corrected chi connectivity index (χ0v) is 16.6. The molecule has 0 aliphatic carbocycles. The molecule has 0 aliphatic rings. The lowest BCUT2D eigenvalue weighted by molar-refractivity contribution is 0.536. The van der Waals surface area contributed by atoms with Crippen molar-refractivity contribution in [1.29, 1.82) is 5.26 Å². The lowest BCUT2D eigenvalue weighted by atomic mass is 10.2. The van der Waals surface area contributed by atoms with E-state index in [1.54, 1.807) is 30.5 Å². The molecule has 2 heterocycles. The van der Waals surface area contributed by atoms with Gasteiger partial charge in [0.25, 0.3) is 0 Å². The maximum atomic E-state index is 9.31. The van der Waals surface area contributed by atoms with Gasteiger partial charge in [0.1, 0.15) is 17.7 Å². The number of hydrogen-bond donors (Lipinski definition) is 2. The first-order valence-corrected chi connectivity index (χ1v) is 9.08. The monoisotopic (exact) mass is 400 g/mol. The molecule has 0 fully saturated rings. The van der Waals surface area contributed by atoms with Gasteiger partial charge in [-0.25, -0.2) is 9.67 Å². The van der Waals surface area contributed by atoms with Crippen molar-refractivity contribution in [3.63, 3.8) is 0 Å². The minimum absolute atomic E-state index is 0.207. The molecule has 0 saturated carbocycles. The van der Waals surface area contributed by atoms with Gasteiger partial charge in [0.2, 0.25) is 0 Å². The average Bonchev–Trinajstić information content (AvgIpc) is 2.99. The van der Waals surface area contributed by atoms with E-state index in [1.165, 1.54) is 0 Å². The highest BCUT2D eigenvalue weighted by Crippen LogP contribution is 2.31. The van der Waals surface area contributed by atoms with E-state index in [2.05, 4.69) is 40.6 Å². The number of benzene rings is 1. The first-order valence-electron chi connectivity index (χ1n) is 8.32. The second-order valence-corrected chi connectivity index (χ2v) is 7.15. The maximum Gasteiger partial charge on any atom is 0.133 e. The van der Waals surface area contributed by atoms with Crippen LogP contribution in [0.3, 0.4) is 0 Å². The zero-order valence-electron chi connectivity index (χ0n) is 15.1. The smallest absolute Gasteiger partial charge is 0.133 e. The van der Waals surface area contributed by atoms with Gasteiger partial charge in [-0.15, -0.1) is 0 Å². The molecule has 138 valence electrons. The topological polar surface area (TPSA) is 78.6 Å². The molecule has 0 bridgehead atoms. The van der Waals surface area contributed by atoms with Crippen LogP contribution in [0.4, 0.5) is 23.0 Å². The van der Waals surface area contributed by atoms with E-state index in [1.807, 2.05) is 17.7 Å². The summed E-state index contributed by atoms with van der Waals surface area (Å²) in [6, 6.07) is 11.1. The fraction of sp³-hybridized carbons (Fsp3) is 0.211. The number of nitrogens with zero attached hydrogens (tertiary/aromatic N) is 4. The molecule has 27 heavy (non-hydrogen) atoms. The van der Waals surface area contributed by atoms with Crippen LogP contribution >= 0.6 is 23.2 Å². The van der Waals surface area contributed by atoms with Crippen molar-refractivity contribution in [1.82, 2.24) is 14.8 Å². The Kier molecular flexibility index (Phi) is 5.54. The van der Waals surface area contributed by atoms with E-state index < -0.39 is 0 Å². The van der Waals surface area contributed by atoms with Gasteiger partial charge in [0.05, 0.1) is 33.9 Å². The Bertz CT molecular complexity index is 1020. The normalized spacial score (nSPS) is 10.7. The number of halogens is 2. The van der Waals surface area contributed by atoms with Crippen LogP contribution in [-0.4, -0.2) is 14.8 Å². The van der Waals surface area contributed by atoms with Gasteiger partial charge in [-0.05, 0) is 39.0 Å². The Hall–Kier alpha value is -2.75. The van der Waals surface area contributed by atoms with Crippen molar-refractivity contribution in [3.05, 3.63) is 57.8 Å². The van der Waals surface area contributed by atoms with Gasteiger partial charge in [-0.3, -0.25) is 0 Å². The van der Waals surface area contributed by atoms with Crippen molar-refractivity contribution in [3.8, 4) is 6.07 Å². The number of nitrogens with one attached hydrogen (secondary N) is 2. The van der Waals surface area contributed by atoms with E-state index >= 15 is 0 Å². The highest BCUT2D eigenvalue weighted by molar-refractivity contribution is 6.33. The molecule has 8 heteroatoms. The first kappa shape index (κ1) is 19.0. The molecule has 0 unspecified atom stereocenters. The molecule has 0 radical (unpaired) electrons. The van der Waals surface area contributed by atoms with Gasteiger partial charge < -0.3 is 10.6 Å². The van der Waals surface area contributed by atoms with Crippen LogP contribution in [-0.2, 0) is 0 Å². The van der Waals surface area contributed by atoms with Gasteiger partial charge in [0, 0.05) is 23.2 Å². The highest BCUT2D eigenvalue weighted by Gasteiger charge is 2.12. The van der Waals surface area contributed by atoms with E-state index in [9.17, 15) is 5.26 Å². The van der Waals surface area contributed by atoms with Crippen LogP contribution in [0.15, 0.2) is 36.5 Å². The summed E-state index contributed by atoms with van der Waals surface area (Å²) in [5.41, 5.74) is 2.58. The summed E-state index contributed by atoms with van der Waals surface area (Å²) < 4.78 is 1.89. The third kappa shape index (κ3) is 4.33. The van der Waals surface area contributed by atoms with Crippen molar-refractivity contribution in [2.24, 2.45) is 0 Å². The predicted molar refractivity (Wildman–Crippen MR) is 109 cm³/mol. The molecule has 3 aromatic rings. The highest BCUT2D eigenvalue weighted by atomic mass is 35.5. The predicted octanol–water partition coefficient (Wildman–Crippen LogP) is 5.83. The van der Waals surface area contributed by atoms with Crippen LogP contribution in [0.2, 0.25) is 10.0 Å². The Labute approximate surface area is 167 Å². The molecule has 1 aromatic carbocycles. The number of aromatic nitrogens is 3. The average molecular weight is 401 g/mol. The van der Waals surface area contributed by atoms with Crippen molar-refractivity contribution < 1.29 is 0 Å². The van der Waals surface area contributed by atoms with E-state index in [0.717, 1.165) is 11.5 Å². The van der Waals surface area contributed by atoms with E-state index in [-0.39, 0.29) is 6.04 Å². The van der Waals surface area contributed by atoms with Gasteiger partial charge >= 0.3 is 0 Å². The van der Waals surface area contributed by atoms with Crippen LogP contribution in [0.5, 0.6) is 0 Å². The maximum absolute atomic E-state index is 9.31. The summed E-state index contributed by atoms with van der Waals surface area (Å²) >= 11 is 12.2. The molecular weight excluding hydrogens is 383 g/mol. The van der Waals surface area contributed by atoms with Gasteiger partial charge in [-0.2, -0.15) is 10.4 Å².